The van der Waals surface area contributed by atoms with E-state index in [4.69, 9.17) is 4.74 Å². The van der Waals surface area contributed by atoms with E-state index in [0.29, 0.717) is 0 Å². The van der Waals surface area contributed by atoms with Gasteiger partial charge in [0.2, 0.25) is 5.76 Å². The van der Waals surface area contributed by atoms with Crippen LogP contribution in [0.25, 0.3) is 0 Å². The van der Waals surface area contributed by atoms with Crippen molar-refractivity contribution in [3.8, 4) is 5.75 Å². The Bertz CT molecular complexity index is 565. The Morgan fingerprint density at radius 2 is 1.95 bits per heavy atom. The number of nitro benzene ring substituents is 1. The molecule has 0 N–H and O–H groups in total. The molecule has 0 bridgehead atoms. The lowest BCUT2D eigenvalue weighted by atomic mass is 10.3. The molecule has 0 unspecified atom stereocenters. The van der Waals surface area contributed by atoms with Gasteiger partial charge in [0, 0.05) is 6.07 Å². The van der Waals surface area contributed by atoms with Gasteiger partial charge in [-0.2, -0.15) is 0 Å². The second kappa shape index (κ2) is 6.88. The molecule has 0 aromatic heterocycles. The zero-order chi connectivity index (χ0) is 15.1. The van der Waals surface area contributed by atoms with Crippen LogP contribution in [0.5, 0.6) is 5.75 Å². The van der Waals surface area contributed by atoms with Crippen LogP contribution in [0.15, 0.2) is 36.1 Å². The lowest BCUT2D eigenvalue weighted by Crippen LogP contribution is -2.13. The Morgan fingerprint density at radius 3 is 2.50 bits per heavy atom. The standard InChI is InChI=1S/C12H11NO7/c1-18-11(14)7-10(12(15)19-2)20-9-5-3-4-8(6-9)13(16)17/h3-7H,1-2H3/b10-7-. The summed E-state index contributed by atoms with van der Waals surface area (Å²) in [5.74, 6) is -2.17. The van der Waals surface area contributed by atoms with Gasteiger partial charge in [-0.15, -0.1) is 0 Å². The summed E-state index contributed by atoms with van der Waals surface area (Å²) in [5, 5.41) is 10.6. The van der Waals surface area contributed by atoms with Gasteiger partial charge < -0.3 is 14.2 Å². The molecule has 0 saturated heterocycles. The fourth-order valence-corrected chi connectivity index (χ4v) is 1.18. The van der Waals surface area contributed by atoms with E-state index in [9.17, 15) is 19.7 Å². The van der Waals surface area contributed by atoms with Gasteiger partial charge in [0.05, 0.1) is 31.3 Å². The maximum atomic E-state index is 11.4. The largest absolute Gasteiger partial charge is 0.466 e. The van der Waals surface area contributed by atoms with Gasteiger partial charge in [-0.1, -0.05) is 6.07 Å². The molecule has 0 saturated carbocycles. The van der Waals surface area contributed by atoms with Crippen LogP contribution >= 0.6 is 0 Å². The molecule has 0 atom stereocenters. The van der Waals surface area contributed by atoms with Crippen molar-refractivity contribution in [3.05, 3.63) is 46.2 Å². The van der Waals surface area contributed by atoms with Crippen LogP contribution in [0.1, 0.15) is 0 Å². The summed E-state index contributed by atoms with van der Waals surface area (Å²) < 4.78 is 13.9. The second-order valence-corrected chi connectivity index (χ2v) is 3.38. The van der Waals surface area contributed by atoms with E-state index in [1.165, 1.54) is 18.2 Å². The molecule has 0 aliphatic carbocycles. The van der Waals surface area contributed by atoms with Crippen LogP contribution < -0.4 is 4.74 Å². The topological polar surface area (TPSA) is 105 Å². The Morgan fingerprint density at radius 1 is 1.25 bits per heavy atom. The molecular weight excluding hydrogens is 270 g/mol. The molecule has 8 heteroatoms. The van der Waals surface area contributed by atoms with Crippen molar-refractivity contribution in [3.63, 3.8) is 0 Å². The van der Waals surface area contributed by atoms with Crippen LogP contribution in [-0.4, -0.2) is 31.1 Å². The molecule has 0 aliphatic rings. The lowest BCUT2D eigenvalue weighted by molar-refractivity contribution is -0.384. The minimum atomic E-state index is -0.915. The molecule has 0 aliphatic heterocycles. The molecule has 20 heavy (non-hydrogen) atoms. The van der Waals surface area contributed by atoms with E-state index in [2.05, 4.69) is 9.47 Å². The van der Waals surface area contributed by atoms with Crippen molar-refractivity contribution < 1.29 is 28.7 Å². The molecule has 0 amide bonds. The van der Waals surface area contributed by atoms with Crippen molar-refractivity contribution >= 4 is 17.6 Å². The maximum Gasteiger partial charge on any atom is 0.374 e. The minimum absolute atomic E-state index is 0.0137. The fourth-order valence-electron chi connectivity index (χ4n) is 1.18. The quantitative estimate of drug-likeness (QED) is 0.262. The zero-order valence-electron chi connectivity index (χ0n) is 10.7. The maximum absolute atomic E-state index is 11.4. The van der Waals surface area contributed by atoms with E-state index in [1.54, 1.807) is 0 Å². The van der Waals surface area contributed by atoms with Gasteiger partial charge in [0.1, 0.15) is 5.75 Å². The number of ether oxygens (including phenoxy) is 3. The van der Waals surface area contributed by atoms with Crippen LogP contribution in [0.4, 0.5) is 5.69 Å². The first-order valence-corrected chi connectivity index (χ1v) is 5.28. The number of carbonyl (C=O) groups is 2. The number of nitrogens with zero attached hydrogens (tertiary/aromatic N) is 1. The third kappa shape index (κ3) is 4.09. The van der Waals surface area contributed by atoms with E-state index >= 15 is 0 Å². The van der Waals surface area contributed by atoms with Crippen molar-refractivity contribution in [1.82, 2.24) is 0 Å². The molecular formula is C12H11NO7. The number of non-ortho nitro benzene ring substituents is 1. The second-order valence-electron chi connectivity index (χ2n) is 3.38. The predicted octanol–water partition coefficient (Wildman–Crippen LogP) is 1.20. The van der Waals surface area contributed by atoms with Gasteiger partial charge in [0.15, 0.2) is 0 Å². The van der Waals surface area contributed by atoms with E-state index in [1.807, 2.05) is 0 Å². The zero-order valence-corrected chi connectivity index (χ0v) is 10.7. The van der Waals surface area contributed by atoms with Gasteiger partial charge in [0.25, 0.3) is 5.69 Å². The lowest BCUT2D eigenvalue weighted by Gasteiger charge is -2.07. The highest BCUT2D eigenvalue weighted by molar-refractivity contribution is 5.95. The van der Waals surface area contributed by atoms with Crippen molar-refractivity contribution in [2.75, 3.05) is 14.2 Å². The fraction of sp³-hybridized carbons (Fsp3) is 0.167. The van der Waals surface area contributed by atoms with Crippen molar-refractivity contribution in [2.24, 2.45) is 0 Å². The van der Waals surface area contributed by atoms with Crippen LogP contribution in [0.3, 0.4) is 0 Å². The first-order chi connectivity index (χ1) is 9.47. The number of nitro groups is 1. The van der Waals surface area contributed by atoms with E-state index in [0.717, 1.165) is 26.4 Å². The first-order valence-electron chi connectivity index (χ1n) is 5.28. The number of esters is 2. The van der Waals surface area contributed by atoms with Crippen molar-refractivity contribution in [1.29, 1.82) is 0 Å². The Labute approximate surface area is 113 Å². The minimum Gasteiger partial charge on any atom is -0.466 e. The van der Waals surface area contributed by atoms with Gasteiger partial charge in [-0.3, -0.25) is 10.1 Å². The summed E-state index contributed by atoms with van der Waals surface area (Å²) in [6, 6.07) is 5.13. The average Bonchev–Trinajstić information content (AvgIpc) is 2.45. The number of hydrogen-bond donors (Lipinski definition) is 0. The molecule has 8 nitrogen and oxygen atoms in total. The Kier molecular flexibility index (Phi) is 5.21. The van der Waals surface area contributed by atoms with Crippen molar-refractivity contribution in [2.45, 2.75) is 0 Å². The number of benzene rings is 1. The summed E-state index contributed by atoms with van der Waals surface area (Å²) in [5.41, 5.74) is -0.218. The first kappa shape index (κ1) is 15.2. The molecule has 1 aromatic rings. The van der Waals surface area contributed by atoms with Crippen LogP contribution in [0, 0.1) is 10.1 Å². The van der Waals surface area contributed by atoms with Gasteiger partial charge in [-0.25, -0.2) is 9.59 Å². The smallest absolute Gasteiger partial charge is 0.374 e. The summed E-state index contributed by atoms with van der Waals surface area (Å²) in [6.45, 7) is 0. The number of methoxy groups -OCH3 is 2. The summed E-state index contributed by atoms with van der Waals surface area (Å²) in [6.07, 6.45) is 0.782. The SMILES string of the molecule is COC(=O)/C=C(\Oc1cccc([N+](=O)[O-])c1)C(=O)OC. The molecule has 106 valence electrons. The number of rotatable bonds is 5. The highest BCUT2D eigenvalue weighted by Crippen LogP contribution is 2.21. The van der Waals surface area contributed by atoms with Gasteiger partial charge in [-0.05, 0) is 6.07 Å². The average molecular weight is 281 g/mol. The van der Waals surface area contributed by atoms with E-state index in [-0.39, 0.29) is 11.4 Å². The highest BCUT2D eigenvalue weighted by atomic mass is 16.6. The molecule has 0 fully saturated rings. The highest BCUT2D eigenvalue weighted by Gasteiger charge is 2.16. The monoisotopic (exact) mass is 281 g/mol. The number of hydrogen-bond acceptors (Lipinski definition) is 7. The summed E-state index contributed by atoms with van der Waals surface area (Å²) in [7, 11) is 2.23. The van der Waals surface area contributed by atoms with E-state index < -0.39 is 22.6 Å². The summed E-state index contributed by atoms with van der Waals surface area (Å²) >= 11 is 0. The summed E-state index contributed by atoms with van der Waals surface area (Å²) in [4.78, 5) is 32.5. The molecule has 0 heterocycles. The predicted molar refractivity (Wildman–Crippen MR) is 65.8 cm³/mol. The normalized spacial score (nSPS) is 10.6. The van der Waals surface area contributed by atoms with Crippen LogP contribution in [0.2, 0.25) is 0 Å². The molecule has 0 spiro atoms. The molecule has 0 radical (unpaired) electrons. The molecule has 1 aromatic carbocycles. The third-order valence-electron chi connectivity index (χ3n) is 2.09. The van der Waals surface area contributed by atoms with Gasteiger partial charge >= 0.3 is 11.9 Å². The van der Waals surface area contributed by atoms with Crippen LogP contribution in [-0.2, 0) is 19.1 Å². The Hall–Kier alpha value is -2.90. The third-order valence-corrected chi connectivity index (χ3v) is 2.09. The molecule has 1 rings (SSSR count). The number of carbonyl (C=O) groups excluding carboxylic acids is 2. The Balaban J connectivity index is 3.04.